The van der Waals surface area contributed by atoms with E-state index in [0.29, 0.717) is 20.6 Å². The highest BCUT2D eigenvalue weighted by atomic mass is 35.5. The first-order valence-electron chi connectivity index (χ1n) is 7.41. The number of thiazole rings is 1. The molecule has 0 spiro atoms. The Morgan fingerprint density at radius 1 is 1.16 bits per heavy atom. The van der Waals surface area contributed by atoms with E-state index < -0.39 is 0 Å². The lowest BCUT2D eigenvalue weighted by Crippen LogP contribution is -1.91. The molecule has 0 aliphatic carbocycles. The van der Waals surface area contributed by atoms with Crippen LogP contribution < -0.4 is 5.32 Å². The van der Waals surface area contributed by atoms with Gasteiger partial charge in [-0.25, -0.2) is 4.98 Å². The van der Waals surface area contributed by atoms with Gasteiger partial charge in [0.15, 0.2) is 0 Å². The van der Waals surface area contributed by atoms with E-state index in [4.69, 9.17) is 23.2 Å². The number of anilines is 1. The van der Waals surface area contributed by atoms with E-state index in [2.05, 4.69) is 16.4 Å². The number of hydrogen-bond donors (Lipinski definition) is 1. The van der Waals surface area contributed by atoms with Crippen LogP contribution in [0.4, 0.5) is 5.69 Å². The van der Waals surface area contributed by atoms with Crippen LogP contribution >= 0.6 is 34.5 Å². The first kappa shape index (κ1) is 17.5. The van der Waals surface area contributed by atoms with E-state index in [1.807, 2.05) is 42.6 Å². The lowest BCUT2D eigenvalue weighted by molar-refractivity contribution is 1.36. The van der Waals surface area contributed by atoms with Crippen molar-refractivity contribution >= 4 is 45.8 Å². The van der Waals surface area contributed by atoms with Gasteiger partial charge in [-0.3, -0.25) is 0 Å². The van der Waals surface area contributed by atoms with E-state index in [1.165, 1.54) is 16.9 Å². The van der Waals surface area contributed by atoms with Crippen LogP contribution in [-0.2, 0) is 0 Å². The normalized spacial score (nSPS) is 11.2. The number of nitrogens with zero attached hydrogens (tertiary/aromatic N) is 2. The van der Waals surface area contributed by atoms with Crippen molar-refractivity contribution in [2.45, 2.75) is 6.92 Å². The zero-order valence-corrected chi connectivity index (χ0v) is 15.6. The fourth-order valence-electron chi connectivity index (χ4n) is 2.13. The average Bonchev–Trinajstić information content (AvgIpc) is 3.09. The molecule has 0 amide bonds. The summed E-state index contributed by atoms with van der Waals surface area (Å²) in [6, 6.07) is 15.5. The Kier molecular flexibility index (Phi) is 5.40. The molecule has 0 aliphatic rings. The number of nitrogens with one attached hydrogen (secondary N) is 1. The number of halogens is 2. The average molecular weight is 386 g/mol. The monoisotopic (exact) mass is 385 g/mol. The maximum absolute atomic E-state index is 9.43. The maximum atomic E-state index is 9.43. The number of nitriles is 1. The number of aryl methyl sites for hydroxylation is 1. The zero-order chi connectivity index (χ0) is 17.8. The lowest BCUT2D eigenvalue weighted by atomic mass is 10.2. The van der Waals surface area contributed by atoms with Crippen LogP contribution in [-0.4, -0.2) is 4.98 Å². The van der Waals surface area contributed by atoms with Gasteiger partial charge < -0.3 is 5.32 Å². The van der Waals surface area contributed by atoms with Gasteiger partial charge in [-0.05, 0) is 31.2 Å². The quantitative estimate of drug-likeness (QED) is 0.528. The largest absolute Gasteiger partial charge is 0.360 e. The molecule has 0 saturated heterocycles. The third-order valence-electron chi connectivity index (χ3n) is 3.51. The van der Waals surface area contributed by atoms with Crippen LogP contribution in [0.1, 0.15) is 10.6 Å². The van der Waals surface area contributed by atoms with Crippen molar-refractivity contribution in [1.29, 1.82) is 5.26 Å². The summed E-state index contributed by atoms with van der Waals surface area (Å²) >= 11 is 13.4. The first-order valence-corrected chi connectivity index (χ1v) is 9.05. The fourth-order valence-corrected chi connectivity index (χ4v) is 3.23. The summed E-state index contributed by atoms with van der Waals surface area (Å²) in [5.74, 6) is 0. The van der Waals surface area contributed by atoms with Gasteiger partial charge in [0.2, 0.25) is 0 Å². The molecular weight excluding hydrogens is 373 g/mol. The summed E-state index contributed by atoms with van der Waals surface area (Å²) in [5, 5.41) is 16.1. The molecule has 0 aliphatic heterocycles. The van der Waals surface area contributed by atoms with Crippen LogP contribution in [0.3, 0.4) is 0 Å². The molecule has 3 rings (SSSR count). The highest BCUT2D eigenvalue weighted by Crippen LogP contribution is 2.30. The number of hydrogen-bond acceptors (Lipinski definition) is 4. The molecule has 1 aromatic heterocycles. The molecule has 25 heavy (non-hydrogen) atoms. The first-order chi connectivity index (χ1) is 12.1. The third kappa shape index (κ3) is 4.21. The molecule has 2 aromatic carbocycles. The molecule has 3 nitrogen and oxygen atoms in total. The Bertz CT molecular complexity index is 969. The van der Waals surface area contributed by atoms with Crippen molar-refractivity contribution in [2.75, 3.05) is 5.32 Å². The molecular formula is C19H13Cl2N3S. The lowest BCUT2D eigenvalue weighted by Gasteiger charge is -2.02. The number of rotatable bonds is 4. The Hall–Kier alpha value is -2.32. The van der Waals surface area contributed by atoms with Gasteiger partial charge in [-0.15, -0.1) is 11.3 Å². The van der Waals surface area contributed by atoms with Gasteiger partial charge in [0, 0.05) is 22.8 Å². The van der Waals surface area contributed by atoms with Gasteiger partial charge in [-0.2, -0.15) is 5.26 Å². The summed E-state index contributed by atoms with van der Waals surface area (Å²) in [4.78, 5) is 4.53. The molecule has 124 valence electrons. The summed E-state index contributed by atoms with van der Waals surface area (Å²) in [5.41, 5.74) is 4.19. The predicted molar refractivity (Wildman–Crippen MR) is 106 cm³/mol. The Morgan fingerprint density at radius 3 is 2.60 bits per heavy atom. The van der Waals surface area contributed by atoms with Gasteiger partial charge >= 0.3 is 0 Å². The minimum Gasteiger partial charge on any atom is -0.360 e. The summed E-state index contributed by atoms with van der Waals surface area (Å²) in [6.07, 6.45) is 1.67. The molecule has 1 heterocycles. The van der Waals surface area contributed by atoms with Crippen LogP contribution in [0.25, 0.3) is 16.8 Å². The van der Waals surface area contributed by atoms with Gasteiger partial charge in [0.05, 0.1) is 15.7 Å². The van der Waals surface area contributed by atoms with E-state index in [9.17, 15) is 5.26 Å². The van der Waals surface area contributed by atoms with Crippen LogP contribution in [0.15, 0.2) is 54.0 Å². The second-order valence-corrected chi connectivity index (χ2v) is 7.02. The molecule has 3 aromatic rings. The minimum absolute atomic E-state index is 0.469. The topological polar surface area (TPSA) is 48.7 Å². The van der Waals surface area contributed by atoms with Crippen molar-refractivity contribution in [1.82, 2.24) is 4.98 Å². The molecule has 1 N–H and O–H groups in total. The molecule has 0 bridgehead atoms. The SMILES string of the molecule is Cc1ccc(NC=C(C#N)c2nc(-c3ccc(Cl)c(Cl)c3)cs2)cc1. The van der Waals surface area contributed by atoms with Crippen molar-refractivity contribution in [3.63, 3.8) is 0 Å². The minimum atomic E-state index is 0.469. The molecule has 0 saturated carbocycles. The molecule has 0 fully saturated rings. The molecule has 6 heteroatoms. The van der Waals surface area contributed by atoms with Crippen molar-refractivity contribution in [3.05, 3.63) is 74.7 Å². The summed E-state index contributed by atoms with van der Waals surface area (Å²) in [6.45, 7) is 2.03. The van der Waals surface area contributed by atoms with Crippen molar-refractivity contribution < 1.29 is 0 Å². The summed E-state index contributed by atoms with van der Waals surface area (Å²) < 4.78 is 0. The third-order valence-corrected chi connectivity index (χ3v) is 5.12. The summed E-state index contributed by atoms with van der Waals surface area (Å²) in [7, 11) is 0. The smallest absolute Gasteiger partial charge is 0.136 e. The van der Waals surface area contributed by atoms with E-state index >= 15 is 0 Å². The Labute approximate surface area is 160 Å². The number of benzene rings is 2. The van der Waals surface area contributed by atoms with Crippen LogP contribution in [0, 0.1) is 18.3 Å². The van der Waals surface area contributed by atoms with Gasteiger partial charge in [0.1, 0.15) is 16.6 Å². The van der Waals surface area contributed by atoms with Crippen molar-refractivity contribution in [2.24, 2.45) is 0 Å². The highest BCUT2D eigenvalue weighted by molar-refractivity contribution is 7.11. The standard InChI is InChI=1S/C19H13Cl2N3S/c1-12-2-5-15(6-3-12)23-10-14(9-22)19-24-18(11-25-19)13-4-7-16(20)17(21)8-13/h2-8,10-11,23H,1H3. The second kappa shape index (κ2) is 7.71. The molecule has 0 atom stereocenters. The second-order valence-electron chi connectivity index (χ2n) is 5.35. The Morgan fingerprint density at radius 2 is 1.92 bits per heavy atom. The molecule has 0 unspecified atom stereocenters. The van der Waals surface area contributed by atoms with Gasteiger partial charge in [0.25, 0.3) is 0 Å². The highest BCUT2D eigenvalue weighted by Gasteiger charge is 2.10. The maximum Gasteiger partial charge on any atom is 0.136 e. The van der Waals surface area contributed by atoms with Crippen LogP contribution in [0.5, 0.6) is 0 Å². The van der Waals surface area contributed by atoms with Gasteiger partial charge in [-0.1, -0.05) is 47.0 Å². The van der Waals surface area contributed by atoms with E-state index in [-0.39, 0.29) is 0 Å². The molecule has 0 radical (unpaired) electrons. The fraction of sp³-hybridized carbons (Fsp3) is 0.0526. The van der Waals surface area contributed by atoms with E-state index in [0.717, 1.165) is 16.9 Å². The predicted octanol–water partition coefficient (Wildman–Crippen LogP) is 6.40. The van der Waals surface area contributed by atoms with E-state index in [1.54, 1.807) is 18.3 Å². The number of allylic oxidation sites excluding steroid dienone is 1. The number of aromatic nitrogens is 1. The Balaban J connectivity index is 1.83. The zero-order valence-electron chi connectivity index (χ0n) is 13.3. The van der Waals surface area contributed by atoms with Crippen molar-refractivity contribution in [3.8, 4) is 17.3 Å². The van der Waals surface area contributed by atoms with Crippen LogP contribution in [0.2, 0.25) is 10.0 Å².